The van der Waals surface area contributed by atoms with Gasteiger partial charge in [-0.1, -0.05) is 0 Å². The fourth-order valence-electron chi connectivity index (χ4n) is 3.30. The van der Waals surface area contributed by atoms with Crippen molar-refractivity contribution in [3.63, 3.8) is 0 Å². The molecule has 1 aromatic rings. The van der Waals surface area contributed by atoms with Crippen LogP contribution in [-0.4, -0.2) is 90.8 Å². The quantitative estimate of drug-likeness (QED) is 0.831. The largest absolute Gasteiger partial charge is 0.459 e. The van der Waals surface area contributed by atoms with Crippen molar-refractivity contribution in [1.82, 2.24) is 14.7 Å². The van der Waals surface area contributed by atoms with Crippen LogP contribution in [-0.2, 0) is 11.3 Å². The van der Waals surface area contributed by atoms with Gasteiger partial charge in [0.15, 0.2) is 5.76 Å². The number of β-amino-alcohol motifs (C(OH)–C–C–N with tert-alkyl or cyclic N) is 1. The van der Waals surface area contributed by atoms with Gasteiger partial charge in [-0.3, -0.25) is 14.6 Å². The Balaban J connectivity index is 1.57. The number of carbonyl (C=O) groups is 1. The average Bonchev–Trinajstić information content (AvgIpc) is 3.03. The number of aliphatic hydroxyl groups is 1. The van der Waals surface area contributed by atoms with E-state index in [0.717, 1.165) is 51.5 Å². The third kappa shape index (κ3) is 4.36. The van der Waals surface area contributed by atoms with Gasteiger partial charge in [-0.25, -0.2) is 0 Å². The van der Waals surface area contributed by atoms with Crippen molar-refractivity contribution < 1.29 is 19.1 Å². The summed E-state index contributed by atoms with van der Waals surface area (Å²) >= 11 is 0. The molecule has 2 aliphatic rings. The molecule has 0 saturated carbocycles. The molecular weight excluding hydrogens is 310 g/mol. The number of ether oxygens (including phenoxy) is 1. The molecule has 1 unspecified atom stereocenters. The van der Waals surface area contributed by atoms with Crippen molar-refractivity contribution in [2.24, 2.45) is 0 Å². The van der Waals surface area contributed by atoms with Crippen LogP contribution >= 0.6 is 0 Å². The summed E-state index contributed by atoms with van der Waals surface area (Å²) in [5, 5.41) is 9.47. The summed E-state index contributed by atoms with van der Waals surface area (Å²) in [5.41, 5.74) is 0.952. The van der Waals surface area contributed by atoms with E-state index in [1.54, 1.807) is 13.2 Å². The van der Waals surface area contributed by atoms with Crippen LogP contribution in [0.15, 0.2) is 16.7 Å². The standard InChI is InChI=1S/C17H27N3O4/c1-14(21)12-18-3-5-20(6-4-18)17(22)16-15(2-9-24-16)13-19-7-10-23-11-8-19/h2,9,14,21H,3-8,10-13H2,1H3. The highest BCUT2D eigenvalue weighted by Gasteiger charge is 2.27. The molecule has 1 N–H and O–H groups in total. The molecule has 1 amide bonds. The van der Waals surface area contributed by atoms with Crippen molar-refractivity contribution in [3.8, 4) is 0 Å². The van der Waals surface area contributed by atoms with Gasteiger partial charge in [0, 0.05) is 57.9 Å². The number of furan rings is 1. The van der Waals surface area contributed by atoms with Gasteiger partial charge < -0.3 is 19.2 Å². The van der Waals surface area contributed by atoms with E-state index in [-0.39, 0.29) is 12.0 Å². The topological polar surface area (TPSA) is 69.4 Å². The van der Waals surface area contributed by atoms with E-state index in [9.17, 15) is 9.90 Å². The van der Waals surface area contributed by atoms with Crippen molar-refractivity contribution in [2.45, 2.75) is 19.6 Å². The van der Waals surface area contributed by atoms with E-state index in [1.165, 1.54) is 0 Å². The lowest BCUT2D eigenvalue weighted by Crippen LogP contribution is -2.50. The molecule has 24 heavy (non-hydrogen) atoms. The summed E-state index contributed by atoms with van der Waals surface area (Å²) in [4.78, 5) is 19.1. The minimum Gasteiger partial charge on any atom is -0.459 e. The maximum absolute atomic E-state index is 12.8. The Bertz CT molecular complexity index is 532. The Hall–Kier alpha value is -1.41. The zero-order chi connectivity index (χ0) is 16.9. The molecule has 0 aliphatic carbocycles. The summed E-state index contributed by atoms with van der Waals surface area (Å²) in [7, 11) is 0. The highest BCUT2D eigenvalue weighted by molar-refractivity contribution is 5.93. The van der Waals surface area contributed by atoms with Gasteiger partial charge in [0.25, 0.3) is 5.91 Å². The average molecular weight is 337 g/mol. The Labute approximate surface area is 142 Å². The molecule has 2 fully saturated rings. The van der Waals surface area contributed by atoms with E-state index in [0.29, 0.717) is 25.4 Å². The summed E-state index contributed by atoms with van der Waals surface area (Å²) in [6.07, 6.45) is 1.27. The Morgan fingerprint density at radius 3 is 2.54 bits per heavy atom. The molecule has 1 aromatic heterocycles. The van der Waals surface area contributed by atoms with E-state index in [4.69, 9.17) is 9.15 Å². The van der Waals surface area contributed by atoms with E-state index < -0.39 is 0 Å². The molecule has 134 valence electrons. The van der Waals surface area contributed by atoms with Gasteiger partial charge in [-0.2, -0.15) is 0 Å². The molecule has 0 bridgehead atoms. The number of hydrogen-bond donors (Lipinski definition) is 1. The summed E-state index contributed by atoms with van der Waals surface area (Å²) in [6, 6.07) is 1.90. The summed E-state index contributed by atoms with van der Waals surface area (Å²) in [5.74, 6) is 0.436. The van der Waals surface area contributed by atoms with Crippen molar-refractivity contribution in [3.05, 3.63) is 23.7 Å². The molecule has 2 aliphatic heterocycles. The number of amides is 1. The minimum absolute atomic E-state index is 0.0278. The van der Waals surface area contributed by atoms with Crippen molar-refractivity contribution >= 4 is 5.91 Å². The van der Waals surface area contributed by atoms with Gasteiger partial charge in [0.1, 0.15) is 0 Å². The zero-order valence-corrected chi connectivity index (χ0v) is 14.3. The van der Waals surface area contributed by atoms with Gasteiger partial charge in [-0.05, 0) is 13.0 Å². The van der Waals surface area contributed by atoms with Gasteiger partial charge in [0.05, 0.1) is 25.6 Å². The van der Waals surface area contributed by atoms with E-state index in [2.05, 4.69) is 9.80 Å². The van der Waals surface area contributed by atoms with Crippen LogP contribution in [0, 0.1) is 0 Å². The second-order valence-electron chi connectivity index (χ2n) is 6.61. The van der Waals surface area contributed by atoms with Gasteiger partial charge in [0.2, 0.25) is 0 Å². The Morgan fingerprint density at radius 2 is 1.88 bits per heavy atom. The van der Waals surface area contributed by atoms with E-state index in [1.807, 2.05) is 11.0 Å². The Kier molecular flexibility index (Phi) is 5.89. The predicted octanol–water partition coefficient (Wildman–Crippen LogP) is 0.250. The second kappa shape index (κ2) is 8.11. The lowest BCUT2D eigenvalue weighted by molar-refractivity contribution is 0.0336. The molecule has 7 nitrogen and oxygen atoms in total. The first kappa shape index (κ1) is 17.4. The number of nitrogens with zero attached hydrogens (tertiary/aromatic N) is 3. The number of aliphatic hydroxyl groups excluding tert-OH is 1. The smallest absolute Gasteiger partial charge is 0.289 e. The fraction of sp³-hybridized carbons (Fsp3) is 0.706. The SMILES string of the molecule is CC(O)CN1CCN(C(=O)c2occc2CN2CCOCC2)CC1. The van der Waals surface area contributed by atoms with Crippen LogP contribution in [0.3, 0.4) is 0 Å². The van der Waals surface area contributed by atoms with Gasteiger partial charge >= 0.3 is 0 Å². The highest BCUT2D eigenvalue weighted by Crippen LogP contribution is 2.17. The minimum atomic E-state index is -0.336. The summed E-state index contributed by atoms with van der Waals surface area (Å²) < 4.78 is 10.9. The molecule has 1 atom stereocenters. The van der Waals surface area contributed by atoms with E-state index >= 15 is 0 Å². The molecular formula is C17H27N3O4. The lowest BCUT2D eigenvalue weighted by Gasteiger charge is -2.35. The molecule has 3 heterocycles. The predicted molar refractivity (Wildman–Crippen MR) is 88.8 cm³/mol. The van der Waals surface area contributed by atoms with Crippen LogP contribution in [0.5, 0.6) is 0 Å². The van der Waals surface area contributed by atoms with Crippen LogP contribution in [0.2, 0.25) is 0 Å². The molecule has 0 spiro atoms. The lowest BCUT2D eigenvalue weighted by atomic mass is 10.2. The number of piperazine rings is 1. The van der Waals surface area contributed by atoms with Crippen molar-refractivity contribution in [1.29, 1.82) is 0 Å². The van der Waals surface area contributed by atoms with Crippen LogP contribution in [0.4, 0.5) is 0 Å². The normalized spacial score (nSPS) is 21.8. The Morgan fingerprint density at radius 1 is 1.17 bits per heavy atom. The first-order chi connectivity index (χ1) is 11.6. The summed E-state index contributed by atoms with van der Waals surface area (Å²) in [6.45, 7) is 9.34. The molecule has 7 heteroatoms. The number of morpholine rings is 1. The third-order valence-corrected chi connectivity index (χ3v) is 4.62. The first-order valence-electron chi connectivity index (χ1n) is 8.69. The fourth-order valence-corrected chi connectivity index (χ4v) is 3.30. The molecule has 0 aromatic carbocycles. The second-order valence-corrected chi connectivity index (χ2v) is 6.61. The number of hydrogen-bond acceptors (Lipinski definition) is 6. The molecule has 0 radical (unpaired) electrons. The first-order valence-corrected chi connectivity index (χ1v) is 8.69. The van der Waals surface area contributed by atoms with Gasteiger partial charge in [-0.15, -0.1) is 0 Å². The molecule has 2 saturated heterocycles. The zero-order valence-electron chi connectivity index (χ0n) is 14.3. The maximum Gasteiger partial charge on any atom is 0.289 e. The monoisotopic (exact) mass is 337 g/mol. The number of carbonyl (C=O) groups excluding carboxylic acids is 1. The third-order valence-electron chi connectivity index (χ3n) is 4.62. The van der Waals surface area contributed by atoms with Crippen LogP contribution in [0.1, 0.15) is 23.0 Å². The maximum atomic E-state index is 12.8. The molecule has 3 rings (SSSR count). The number of rotatable bonds is 5. The highest BCUT2D eigenvalue weighted by atomic mass is 16.5. The van der Waals surface area contributed by atoms with Crippen molar-refractivity contribution in [2.75, 3.05) is 59.0 Å². The van der Waals surface area contributed by atoms with Crippen LogP contribution < -0.4 is 0 Å². The van der Waals surface area contributed by atoms with Crippen LogP contribution in [0.25, 0.3) is 0 Å².